The van der Waals surface area contributed by atoms with Crippen LogP contribution in [0.1, 0.15) is 13.8 Å². The summed E-state index contributed by atoms with van der Waals surface area (Å²) in [4.78, 5) is 14.0. The number of nitrogens with one attached hydrogen (secondary N) is 1. The minimum absolute atomic E-state index is 0.00258. The predicted octanol–water partition coefficient (Wildman–Crippen LogP) is 2.07. The van der Waals surface area contributed by atoms with Gasteiger partial charge in [0.05, 0.1) is 25.0 Å². The molecule has 1 N–H and O–H groups in total. The van der Waals surface area contributed by atoms with Crippen molar-refractivity contribution in [3.8, 4) is 0 Å². The van der Waals surface area contributed by atoms with Crippen LogP contribution in [0, 0.1) is 5.92 Å². The topological polar surface area (TPSA) is 64.7 Å². The summed E-state index contributed by atoms with van der Waals surface area (Å²) >= 11 is 0. The Labute approximate surface area is 135 Å². The lowest BCUT2D eigenvalue weighted by Crippen LogP contribution is -2.43. The maximum atomic E-state index is 12.4. The Hall–Kier alpha value is -2.63. The van der Waals surface area contributed by atoms with Crippen LogP contribution < -0.4 is 5.32 Å². The molecule has 0 aliphatic carbocycles. The maximum Gasteiger partial charge on any atom is 0.240 e. The number of hydrogen-bond donors (Lipinski definition) is 1. The summed E-state index contributed by atoms with van der Waals surface area (Å²) in [5.41, 5.74) is 1.07. The van der Waals surface area contributed by atoms with Crippen LogP contribution in [0.15, 0.2) is 48.9 Å². The molecule has 2 heterocycles. The van der Waals surface area contributed by atoms with Gasteiger partial charge in [0.1, 0.15) is 6.54 Å². The van der Waals surface area contributed by atoms with Gasteiger partial charge in [-0.05, 0) is 23.4 Å². The van der Waals surface area contributed by atoms with Crippen molar-refractivity contribution in [2.45, 2.75) is 33.0 Å². The molecule has 0 saturated carbocycles. The zero-order chi connectivity index (χ0) is 16.2. The minimum Gasteiger partial charge on any atom is -0.350 e. The number of nitrogens with zero attached hydrogens (tertiary/aromatic N) is 4. The van der Waals surface area contributed by atoms with Crippen molar-refractivity contribution >= 4 is 16.8 Å². The van der Waals surface area contributed by atoms with Gasteiger partial charge >= 0.3 is 0 Å². The van der Waals surface area contributed by atoms with E-state index in [1.165, 1.54) is 0 Å². The van der Waals surface area contributed by atoms with Crippen LogP contribution in [-0.4, -0.2) is 31.5 Å². The van der Waals surface area contributed by atoms with Gasteiger partial charge < -0.3 is 9.88 Å². The molecule has 2 aromatic heterocycles. The first-order valence-electron chi connectivity index (χ1n) is 7.81. The smallest absolute Gasteiger partial charge is 0.240 e. The standard InChI is InChI=1S/C17H21N5O/c1-13(2)15(11-22-18-8-9-19-22)20-17(23)12-21-10-7-14-5-3-4-6-16(14)21/h3-10,13,15H,11-12H2,1-2H3,(H,20,23). The number of aromatic nitrogens is 4. The Morgan fingerprint density at radius 1 is 1.17 bits per heavy atom. The number of rotatable bonds is 6. The molecule has 0 spiro atoms. The molecule has 0 aliphatic rings. The molecule has 0 saturated heterocycles. The van der Waals surface area contributed by atoms with Gasteiger partial charge in [-0.3, -0.25) is 4.79 Å². The first-order valence-corrected chi connectivity index (χ1v) is 7.81. The van der Waals surface area contributed by atoms with Gasteiger partial charge in [0.15, 0.2) is 0 Å². The summed E-state index contributed by atoms with van der Waals surface area (Å²) in [6.07, 6.45) is 5.24. The van der Waals surface area contributed by atoms with Crippen LogP contribution >= 0.6 is 0 Å². The van der Waals surface area contributed by atoms with Crippen molar-refractivity contribution in [2.75, 3.05) is 0 Å². The summed E-state index contributed by atoms with van der Waals surface area (Å²) in [6, 6.07) is 10.1. The molecule has 1 aromatic carbocycles. The van der Waals surface area contributed by atoms with Gasteiger partial charge in [-0.1, -0.05) is 32.0 Å². The average molecular weight is 311 g/mol. The highest BCUT2D eigenvalue weighted by Crippen LogP contribution is 2.15. The van der Waals surface area contributed by atoms with Crippen LogP contribution in [-0.2, 0) is 17.9 Å². The van der Waals surface area contributed by atoms with Gasteiger partial charge in [-0.2, -0.15) is 15.0 Å². The Balaban J connectivity index is 1.67. The summed E-state index contributed by atoms with van der Waals surface area (Å²) in [6.45, 7) is 5.05. The highest BCUT2D eigenvalue weighted by Gasteiger charge is 2.18. The fraction of sp³-hybridized carbons (Fsp3) is 0.353. The zero-order valence-corrected chi connectivity index (χ0v) is 13.4. The van der Waals surface area contributed by atoms with Gasteiger partial charge in [0, 0.05) is 11.7 Å². The second-order valence-corrected chi connectivity index (χ2v) is 6.00. The maximum absolute atomic E-state index is 12.4. The Bertz CT molecular complexity index is 775. The average Bonchev–Trinajstić information content (AvgIpc) is 3.17. The van der Waals surface area contributed by atoms with Crippen LogP contribution in [0.5, 0.6) is 0 Å². The minimum atomic E-state index is -0.00303. The highest BCUT2D eigenvalue weighted by atomic mass is 16.2. The third-order valence-electron chi connectivity index (χ3n) is 3.97. The van der Waals surface area contributed by atoms with E-state index < -0.39 is 0 Å². The van der Waals surface area contributed by atoms with Crippen LogP contribution in [0.25, 0.3) is 10.9 Å². The zero-order valence-electron chi connectivity index (χ0n) is 13.4. The number of fused-ring (bicyclic) bond motifs is 1. The molecule has 1 unspecified atom stereocenters. The van der Waals surface area contributed by atoms with Crippen molar-refractivity contribution in [2.24, 2.45) is 5.92 Å². The molecular weight excluding hydrogens is 290 g/mol. The summed E-state index contributed by atoms with van der Waals surface area (Å²) in [7, 11) is 0. The predicted molar refractivity (Wildman–Crippen MR) is 88.7 cm³/mol. The lowest BCUT2D eigenvalue weighted by molar-refractivity contribution is -0.122. The van der Waals surface area contributed by atoms with E-state index in [0.29, 0.717) is 19.0 Å². The molecule has 6 heteroatoms. The number of benzene rings is 1. The highest BCUT2D eigenvalue weighted by molar-refractivity contribution is 5.83. The third kappa shape index (κ3) is 3.59. The van der Waals surface area contributed by atoms with Gasteiger partial charge in [-0.25, -0.2) is 0 Å². The van der Waals surface area contributed by atoms with Crippen molar-refractivity contribution in [3.63, 3.8) is 0 Å². The van der Waals surface area contributed by atoms with E-state index in [9.17, 15) is 4.79 Å². The largest absolute Gasteiger partial charge is 0.350 e. The molecule has 0 aliphatic heterocycles. The Morgan fingerprint density at radius 2 is 1.91 bits per heavy atom. The van der Waals surface area contributed by atoms with Crippen molar-refractivity contribution in [1.82, 2.24) is 24.9 Å². The van der Waals surface area contributed by atoms with E-state index in [1.54, 1.807) is 17.2 Å². The van der Waals surface area contributed by atoms with E-state index in [2.05, 4.69) is 29.4 Å². The fourth-order valence-electron chi connectivity index (χ4n) is 2.62. The van der Waals surface area contributed by atoms with Gasteiger partial charge in [0.25, 0.3) is 0 Å². The molecule has 0 fully saturated rings. The van der Waals surface area contributed by atoms with Crippen LogP contribution in [0.2, 0.25) is 0 Å². The molecule has 3 rings (SSSR count). The van der Waals surface area contributed by atoms with Crippen LogP contribution in [0.3, 0.4) is 0 Å². The lowest BCUT2D eigenvalue weighted by atomic mass is 10.0. The summed E-state index contributed by atoms with van der Waals surface area (Å²) in [5, 5.41) is 12.5. The molecule has 120 valence electrons. The van der Waals surface area contributed by atoms with E-state index in [-0.39, 0.29) is 11.9 Å². The number of hydrogen-bond acceptors (Lipinski definition) is 3. The van der Waals surface area contributed by atoms with Gasteiger partial charge in [-0.15, -0.1) is 0 Å². The quantitative estimate of drug-likeness (QED) is 0.758. The molecular formula is C17H21N5O. The fourth-order valence-corrected chi connectivity index (χ4v) is 2.62. The van der Waals surface area contributed by atoms with E-state index in [1.807, 2.05) is 41.1 Å². The van der Waals surface area contributed by atoms with Crippen molar-refractivity contribution in [1.29, 1.82) is 0 Å². The van der Waals surface area contributed by atoms with Gasteiger partial charge in [0.2, 0.25) is 5.91 Å². The summed E-state index contributed by atoms with van der Waals surface area (Å²) in [5.74, 6) is 0.295. The molecule has 23 heavy (non-hydrogen) atoms. The molecule has 6 nitrogen and oxygen atoms in total. The van der Waals surface area contributed by atoms with Crippen molar-refractivity contribution in [3.05, 3.63) is 48.9 Å². The summed E-state index contributed by atoms with van der Waals surface area (Å²) < 4.78 is 1.97. The third-order valence-corrected chi connectivity index (χ3v) is 3.97. The molecule has 1 atom stereocenters. The lowest BCUT2D eigenvalue weighted by Gasteiger charge is -2.22. The van der Waals surface area contributed by atoms with Crippen molar-refractivity contribution < 1.29 is 4.79 Å². The Morgan fingerprint density at radius 3 is 2.65 bits per heavy atom. The normalized spacial score (nSPS) is 12.7. The monoisotopic (exact) mass is 311 g/mol. The second-order valence-electron chi connectivity index (χ2n) is 6.00. The van der Waals surface area contributed by atoms with E-state index in [0.717, 1.165) is 10.9 Å². The number of carbonyl (C=O) groups is 1. The molecule has 3 aromatic rings. The number of para-hydroxylation sites is 1. The van der Waals surface area contributed by atoms with E-state index in [4.69, 9.17) is 0 Å². The number of carbonyl (C=O) groups excluding carboxylic acids is 1. The first-order chi connectivity index (χ1) is 11.1. The SMILES string of the molecule is CC(C)C(Cn1nccn1)NC(=O)Cn1ccc2ccccc21. The number of amides is 1. The first kappa shape index (κ1) is 15.3. The molecule has 0 radical (unpaired) electrons. The Kier molecular flexibility index (Phi) is 4.41. The second kappa shape index (κ2) is 6.64. The van der Waals surface area contributed by atoms with Crippen LogP contribution in [0.4, 0.5) is 0 Å². The molecule has 1 amide bonds. The molecule has 0 bridgehead atoms. The van der Waals surface area contributed by atoms with E-state index >= 15 is 0 Å².